The van der Waals surface area contributed by atoms with Gasteiger partial charge in [0.2, 0.25) is 15.9 Å². The van der Waals surface area contributed by atoms with E-state index in [1.165, 1.54) is 0 Å². The molecule has 2 N–H and O–H groups in total. The Balaban J connectivity index is 0.00000450. The highest BCUT2D eigenvalue weighted by molar-refractivity contribution is 14.0. The fourth-order valence-corrected chi connectivity index (χ4v) is 4.83. The zero-order valence-corrected chi connectivity index (χ0v) is 21.6. The van der Waals surface area contributed by atoms with Crippen molar-refractivity contribution in [3.05, 3.63) is 29.8 Å². The minimum absolute atomic E-state index is 0. The van der Waals surface area contributed by atoms with E-state index in [0.717, 1.165) is 5.96 Å². The molecule has 0 atom stereocenters. The molecule has 170 valence electrons. The van der Waals surface area contributed by atoms with Gasteiger partial charge in [-0.05, 0) is 39.3 Å². The Hall–Kier alpha value is -1.40. The van der Waals surface area contributed by atoms with E-state index in [1.54, 1.807) is 25.1 Å². The predicted octanol–water partition coefficient (Wildman–Crippen LogP) is 2.01. The van der Waals surface area contributed by atoms with Crippen LogP contribution in [0, 0.1) is 0 Å². The first-order valence-corrected chi connectivity index (χ1v) is 11.4. The van der Waals surface area contributed by atoms with Gasteiger partial charge >= 0.3 is 0 Å². The second-order valence-corrected chi connectivity index (χ2v) is 9.78. The zero-order chi connectivity index (χ0) is 21.7. The molecule has 10 heteroatoms. The van der Waals surface area contributed by atoms with Crippen LogP contribution in [-0.4, -0.2) is 68.3 Å². The van der Waals surface area contributed by atoms with Crippen molar-refractivity contribution in [2.75, 3.05) is 32.7 Å². The van der Waals surface area contributed by atoms with Gasteiger partial charge in [0.1, 0.15) is 0 Å². The molecule has 30 heavy (non-hydrogen) atoms. The molecule has 0 spiro atoms. The summed E-state index contributed by atoms with van der Waals surface area (Å²) in [6.45, 7) is 12.7. The van der Waals surface area contributed by atoms with Crippen molar-refractivity contribution in [3.63, 3.8) is 0 Å². The topological polar surface area (TPSA) is 94.1 Å². The predicted molar refractivity (Wildman–Crippen MR) is 131 cm³/mol. The zero-order valence-electron chi connectivity index (χ0n) is 18.4. The molecule has 1 amide bonds. The Labute approximate surface area is 197 Å². The normalized spacial score (nSPS) is 15.6. The Morgan fingerprint density at radius 1 is 1.10 bits per heavy atom. The second-order valence-electron chi connectivity index (χ2n) is 8.13. The van der Waals surface area contributed by atoms with Gasteiger partial charge in [-0.15, -0.1) is 24.0 Å². The largest absolute Gasteiger partial charge is 0.357 e. The van der Waals surface area contributed by atoms with E-state index >= 15 is 0 Å². The summed E-state index contributed by atoms with van der Waals surface area (Å²) in [5.41, 5.74) is 0.0718. The molecule has 1 aliphatic heterocycles. The highest BCUT2D eigenvalue weighted by Crippen LogP contribution is 2.19. The summed E-state index contributed by atoms with van der Waals surface area (Å²) in [4.78, 5) is 20.4. The fourth-order valence-electron chi connectivity index (χ4n) is 3.17. The summed E-state index contributed by atoms with van der Waals surface area (Å²) in [5, 5.41) is 3.27. The van der Waals surface area contributed by atoms with E-state index < -0.39 is 15.6 Å². The van der Waals surface area contributed by atoms with Gasteiger partial charge in [-0.25, -0.2) is 18.1 Å². The van der Waals surface area contributed by atoms with Crippen LogP contribution in [0.15, 0.2) is 34.2 Å². The molecule has 1 aliphatic rings. The number of hydrogen-bond donors (Lipinski definition) is 2. The van der Waals surface area contributed by atoms with E-state index in [2.05, 4.69) is 19.9 Å². The molecule has 1 aromatic rings. The molecule has 0 bridgehead atoms. The number of sulfonamides is 1. The SMILES string of the molecule is CCNC(=NCc1ccccc1S(=O)(=O)NC(C)(C)C)N1CCN(C(C)=O)CC1.I. The van der Waals surface area contributed by atoms with Crippen LogP contribution in [0.4, 0.5) is 0 Å². The number of guanidine groups is 1. The van der Waals surface area contributed by atoms with Gasteiger partial charge in [0, 0.05) is 45.2 Å². The molecule has 0 saturated carbocycles. The van der Waals surface area contributed by atoms with Crippen LogP contribution in [-0.2, 0) is 21.4 Å². The number of aliphatic imine (C=N–C) groups is 1. The summed E-state index contributed by atoms with van der Waals surface area (Å²) >= 11 is 0. The molecule has 0 unspecified atom stereocenters. The van der Waals surface area contributed by atoms with Crippen molar-refractivity contribution >= 4 is 45.9 Å². The Kier molecular flexibility index (Phi) is 10.0. The third-order valence-corrected chi connectivity index (χ3v) is 6.32. The number of benzene rings is 1. The van der Waals surface area contributed by atoms with E-state index in [-0.39, 0.29) is 41.3 Å². The van der Waals surface area contributed by atoms with E-state index in [1.807, 2.05) is 38.7 Å². The lowest BCUT2D eigenvalue weighted by atomic mass is 10.1. The lowest BCUT2D eigenvalue weighted by Crippen LogP contribution is -2.53. The number of piperazine rings is 1. The maximum absolute atomic E-state index is 12.8. The minimum atomic E-state index is -3.65. The lowest BCUT2D eigenvalue weighted by molar-refractivity contribution is -0.130. The molecule has 1 aromatic carbocycles. The van der Waals surface area contributed by atoms with Crippen molar-refractivity contribution in [3.8, 4) is 0 Å². The molecule has 1 heterocycles. The van der Waals surface area contributed by atoms with Crippen molar-refractivity contribution in [2.45, 2.75) is 51.6 Å². The summed E-state index contributed by atoms with van der Waals surface area (Å²) < 4.78 is 28.3. The minimum Gasteiger partial charge on any atom is -0.357 e. The number of hydrogen-bond acceptors (Lipinski definition) is 4. The molecule has 0 aliphatic carbocycles. The smallest absolute Gasteiger partial charge is 0.241 e. The number of nitrogens with zero attached hydrogens (tertiary/aromatic N) is 3. The van der Waals surface area contributed by atoms with E-state index in [0.29, 0.717) is 38.3 Å². The van der Waals surface area contributed by atoms with Gasteiger partial charge in [-0.3, -0.25) is 4.79 Å². The maximum atomic E-state index is 12.8. The maximum Gasteiger partial charge on any atom is 0.241 e. The van der Waals surface area contributed by atoms with Crippen LogP contribution in [0.2, 0.25) is 0 Å². The number of carbonyl (C=O) groups excluding carboxylic acids is 1. The van der Waals surface area contributed by atoms with Gasteiger partial charge in [0.25, 0.3) is 0 Å². The quantitative estimate of drug-likeness (QED) is 0.332. The Morgan fingerprint density at radius 2 is 1.67 bits per heavy atom. The van der Waals surface area contributed by atoms with Gasteiger partial charge < -0.3 is 15.1 Å². The average Bonchev–Trinajstić information content (AvgIpc) is 2.63. The highest BCUT2D eigenvalue weighted by Gasteiger charge is 2.25. The molecule has 0 aromatic heterocycles. The first-order valence-electron chi connectivity index (χ1n) is 9.94. The van der Waals surface area contributed by atoms with Gasteiger partial charge in [0.15, 0.2) is 5.96 Å². The number of amides is 1. The van der Waals surface area contributed by atoms with Crippen LogP contribution >= 0.6 is 24.0 Å². The summed E-state index contributed by atoms with van der Waals surface area (Å²) in [6.07, 6.45) is 0. The molecule has 8 nitrogen and oxygen atoms in total. The van der Waals surface area contributed by atoms with Crippen molar-refractivity contribution in [1.82, 2.24) is 19.8 Å². The Morgan fingerprint density at radius 3 is 2.20 bits per heavy atom. The molecule has 0 radical (unpaired) electrons. The second kappa shape index (κ2) is 11.3. The van der Waals surface area contributed by atoms with E-state index in [9.17, 15) is 13.2 Å². The van der Waals surface area contributed by atoms with Crippen LogP contribution in [0.1, 0.15) is 40.2 Å². The number of nitrogens with one attached hydrogen (secondary N) is 2. The first-order chi connectivity index (χ1) is 13.5. The average molecular weight is 551 g/mol. The first kappa shape index (κ1) is 26.6. The number of rotatable bonds is 5. The van der Waals surface area contributed by atoms with Crippen LogP contribution < -0.4 is 10.0 Å². The standard InChI is InChI=1S/C20H33N5O3S.HI/c1-6-21-19(25-13-11-24(12-14-25)16(2)26)22-15-17-9-7-8-10-18(17)29(27,28)23-20(3,4)5;/h7-10,23H,6,11-15H2,1-5H3,(H,21,22);1H. The summed E-state index contributed by atoms with van der Waals surface area (Å²) in [5.74, 6) is 0.809. The summed E-state index contributed by atoms with van der Waals surface area (Å²) in [6, 6.07) is 6.94. The number of halogens is 1. The third-order valence-electron chi connectivity index (χ3n) is 4.46. The van der Waals surface area contributed by atoms with Gasteiger partial charge in [-0.1, -0.05) is 18.2 Å². The van der Waals surface area contributed by atoms with Gasteiger partial charge in [-0.2, -0.15) is 0 Å². The van der Waals surface area contributed by atoms with E-state index in [4.69, 9.17) is 0 Å². The fraction of sp³-hybridized carbons (Fsp3) is 0.600. The van der Waals surface area contributed by atoms with Crippen molar-refractivity contribution in [1.29, 1.82) is 0 Å². The van der Waals surface area contributed by atoms with Crippen LogP contribution in [0.5, 0.6) is 0 Å². The molecule has 2 rings (SSSR count). The van der Waals surface area contributed by atoms with Crippen molar-refractivity contribution < 1.29 is 13.2 Å². The van der Waals surface area contributed by atoms with Crippen LogP contribution in [0.3, 0.4) is 0 Å². The third kappa shape index (κ3) is 7.69. The Bertz CT molecular complexity index is 844. The van der Waals surface area contributed by atoms with Crippen LogP contribution in [0.25, 0.3) is 0 Å². The molecule has 1 fully saturated rings. The monoisotopic (exact) mass is 551 g/mol. The summed E-state index contributed by atoms with van der Waals surface area (Å²) in [7, 11) is -3.65. The molecule has 1 saturated heterocycles. The molecular weight excluding hydrogens is 517 g/mol. The van der Waals surface area contributed by atoms with Crippen molar-refractivity contribution in [2.24, 2.45) is 4.99 Å². The highest BCUT2D eigenvalue weighted by atomic mass is 127. The van der Waals surface area contributed by atoms with Gasteiger partial charge in [0.05, 0.1) is 11.4 Å². The number of carbonyl (C=O) groups is 1. The molecular formula is C20H34IN5O3S. The lowest BCUT2D eigenvalue weighted by Gasteiger charge is -2.36.